The van der Waals surface area contributed by atoms with Gasteiger partial charge in [0.2, 0.25) is 0 Å². The number of rotatable bonds is 2. The van der Waals surface area contributed by atoms with Crippen molar-refractivity contribution in [3.8, 4) is 0 Å². The Hall–Kier alpha value is -1.29. The van der Waals surface area contributed by atoms with E-state index in [-0.39, 0.29) is 5.54 Å². The van der Waals surface area contributed by atoms with Crippen molar-refractivity contribution in [2.45, 2.75) is 39.7 Å². The lowest BCUT2D eigenvalue weighted by Crippen LogP contribution is -2.34. The molecule has 0 aliphatic carbocycles. The molecule has 0 spiro atoms. The van der Waals surface area contributed by atoms with Gasteiger partial charge in [-0.05, 0) is 26.8 Å². The number of hydrogen-bond acceptors (Lipinski definition) is 3. The van der Waals surface area contributed by atoms with Crippen molar-refractivity contribution in [2.24, 2.45) is 10.8 Å². The summed E-state index contributed by atoms with van der Waals surface area (Å²) in [7, 11) is 0. The van der Waals surface area contributed by atoms with Crippen LogP contribution in [0.4, 0.5) is 0 Å². The summed E-state index contributed by atoms with van der Waals surface area (Å²) in [6, 6.07) is 1.88. The molecule has 0 aliphatic heterocycles. The first-order chi connectivity index (χ1) is 6.98. The van der Waals surface area contributed by atoms with Crippen LogP contribution >= 0.6 is 0 Å². The van der Waals surface area contributed by atoms with Gasteiger partial charge >= 0.3 is 0 Å². The Bertz CT molecular complexity index is 347. The van der Waals surface area contributed by atoms with Gasteiger partial charge in [-0.3, -0.25) is 4.99 Å². The van der Waals surface area contributed by atoms with Gasteiger partial charge in [0, 0.05) is 6.42 Å². The SMILES string of the molecule is CCc1occc1C(=NC(C)(C)C)NN. The van der Waals surface area contributed by atoms with E-state index in [0.29, 0.717) is 5.84 Å². The number of nitrogens with two attached hydrogens (primary N) is 1. The van der Waals surface area contributed by atoms with Crippen molar-refractivity contribution < 1.29 is 4.42 Å². The van der Waals surface area contributed by atoms with Gasteiger partial charge in [-0.15, -0.1) is 0 Å². The fourth-order valence-electron chi connectivity index (χ4n) is 1.33. The van der Waals surface area contributed by atoms with E-state index in [0.717, 1.165) is 17.7 Å². The topological polar surface area (TPSA) is 63.5 Å². The second-order valence-electron chi connectivity index (χ2n) is 4.39. The largest absolute Gasteiger partial charge is 0.469 e. The Morgan fingerprint density at radius 2 is 2.20 bits per heavy atom. The smallest absolute Gasteiger partial charge is 0.146 e. The maximum Gasteiger partial charge on any atom is 0.146 e. The van der Waals surface area contributed by atoms with Crippen LogP contribution in [-0.2, 0) is 6.42 Å². The first kappa shape index (κ1) is 11.8. The third-order valence-corrected chi connectivity index (χ3v) is 1.91. The molecule has 15 heavy (non-hydrogen) atoms. The lowest BCUT2D eigenvalue weighted by molar-refractivity contribution is 0.514. The Morgan fingerprint density at radius 1 is 1.53 bits per heavy atom. The summed E-state index contributed by atoms with van der Waals surface area (Å²) >= 11 is 0. The molecule has 84 valence electrons. The zero-order valence-electron chi connectivity index (χ0n) is 9.79. The number of aryl methyl sites for hydroxylation is 1. The van der Waals surface area contributed by atoms with Gasteiger partial charge in [-0.2, -0.15) is 0 Å². The van der Waals surface area contributed by atoms with Crippen molar-refractivity contribution in [1.82, 2.24) is 5.43 Å². The number of aliphatic imine (C=N–C) groups is 1. The standard InChI is InChI=1S/C11H19N3O/c1-5-9-8(6-7-15-9)10(14-12)13-11(2,3)4/h6-7H,5,12H2,1-4H3,(H,13,14). The summed E-state index contributed by atoms with van der Waals surface area (Å²) < 4.78 is 5.33. The van der Waals surface area contributed by atoms with E-state index in [1.54, 1.807) is 6.26 Å². The first-order valence-corrected chi connectivity index (χ1v) is 5.11. The summed E-state index contributed by atoms with van der Waals surface area (Å²) in [5, 5.41) is 0. The fourth-order valence-corrected chi connectivity index (χ4v) is 1.33. The van der Waals surface area contributed by atoms with Gasteiger partial charge < -0.3 is 9.84 Å². The van der Waals surface area contributed by atoms with E-state index in [9.17, 15) is 0 Å². The van der Waals surface area contributed by atoms with Gasteiger partial charge in [0.05, 0.1) is 17.4 Å². The molecule has 0 unspecified atom stereocenters. The van der Waals surface area contributed by atoms with E-state index < -0.39 is 0 Å². The third-order valence-electron chi connectivity index (χ3n) is 1.91. The molecule has 4 nitrogen and oxygen atoms in total. The highest BCUT2D eigenvalue weighted by molar-refractivity contribution is 5.99. The Balaban J connectivity index is 3.08. The van der Waals surface area contributed by atoms with Crippen LogP contribution in [0.15, 0.2) is 21.7 Å². The van der Waals surface area contributed by atoms with Crippen LogP contribution in [0.1, 0.15) is 39.0 Å². The third kappa shape index (κ3) is 3.09. The molecular weight excluding hydrogens is 190 g/mol. The van der Waals surface area contributed by atoms with Crippen LogP contribution in [0.2, 0.25) is 0 Å². The first-order valence-electron chi connectivity index (χ1n) is 5.11. The number of nitrogens with one attached hydrogen (secondary N) is 1. The predicted octanol–water partition coefficient (Wildman–Crippen LogP) is 1.85. The maximum absolute atomic E-state index is 5.47. The number of furan rings is 1. The summed E-state index contributed by atoms with van der Waals surface area (Å²) in [5.74, 6) is 7.05. The van der Waals surface area contributed by atoms with Gasteiger partial charge in [-0.1, -0.05) is 6.92 Å². The molecular formula is C11H19N3O. The van der Waals surface area contributed by atoms with Gasteiger partial charge in [0.15, 0.2) is 0 Å². The Kier molecular flexibility index (Phi) is 3.52. The lowest BCUT2D eigenvalue weighted by Gasteiger charge is -2.15. The molecule has 0 aromatic carbocycles. The maximum atomic E-state index is 5.47. The summed E-state index contributed by atoms with van der Waals surface area (Å²) in [6.45, 7) is 8.11. The molecule has 3 N–H and O–H groups in total. The van der Waals surface area contributed by atoms with E-state index >= 15 is 0 Å². The fraction of sp³-hybridized carbons (Fsp3) is 0.545. The zero-order valence-corrected chi connectivity index (χ0v) is 9.79. The highest BCUT2D eigenvalue weighted by Gasteiger charge is 2.14. The molecule has 0 radical (unpaired) electrons. The van der Waals surface area contributed by atoms with Crippen molar-refractivity contribution in [3.63, 3.8) is 0 Å². The van der Waals surface area contributed by atoms with Crippen LogP contribution in [0.25, 0.3) is 0 Å². The van der Waals surface area contributed by atoms with E-state index in [2.05, 4.69) is 10.4 Å². The molecule has 0 amide bonds. The minimum atomic E-state index is -0.163. The Labute approximate surface area is 90.5 Å². The second-order valence-corrected chi connectivity index (χ2v) is 4.39. The second kappa shape index (κ2) is 4.49. The van der Waals surface area contributed by atoms with E-state index in [1.165, 1.54) is 0 Å². The quantitative estimate of drug-likeness (QED) is 0.338. The van der Waals surface area contributed by atoms with Crippen molar-refractivity contribution in [1.29, 1.82) is 0 Å². The molecule has 1 heterocycles. The monoisotopic (exact) mass is 209 g/mol. The van der Waals surface area contributed by atoms with Crippen LogP contribution in [0.3, 0.4) is 0 Å². The minimum Gasteiger partial charge on any atom is -0.469 e. The highest BCUT2D eigenvalue weighted by Crippen LogP contribution is 2.14. The summed E-state index contributed by atoms with van der Waals surface area (Å²) in [6.07, 6.45) is 2.48. The molecule has 0 saturated carbocycles. The van der Waals surface area contributed by atoms with Crippen molar-refractivity contribution in [2.75, 3.05) is 0 Å². The Morgan fingerprint density at radius 3 is 2.67 bits per heavy atom. The molecule has 0 aliphatic rings. The van der Waals surface area contributed by atoms with Crippen LogP contribution in [0.5, 0.6) is 0 Å². The van der Waals surface area contributed by atoms with Crippen LogP contribution in [-0.4, -0.2) is 11.4 Å². The molecule has 0 saturated heterocycles. The number of amidine groups is 1. The molecule has 0 bridgehead atoms. The van der Waals surface area contributed by atoms with Crippen molar-refractivity contribution >= 4 is 5.84 Å². The van der Waals surface area contributed by atoms with E-state index in [4.69, 9.17) is 10.3 Å². The lowest BCUT2D eigenvalue weighted by atomic mass is 10.1. The zero-order chi connectivity index (χ0) is 11.5. The molecule has 1 aromatic rings. The predicted molar refractivity (Wildman–Crippen MR) is 61.7 cm³/mol. The normalized spacial score (nSPS) is 13.0. The molecule has 4 heteroatoms. The van der Waals surface area contributed by atoms with Crippen LogP contribution in [0, 0.1) is 0 Å². The van der Waals surface area contributed by atoms with Crippen molar-refractivity contribution in [3.05, 3.63) is 23.7 Å². The minimum absolute atomic E-state index is 0.163. The molecule has 1 aromatic heterocycles. The number of hydrazine groups is 1. The molecule has 1 rings (SSSR count). The van der Waals surface area contributed by atoms with Gasteiger partial charge in [0.1, 0.15) is 11.6 Å². The highest BCUT2D eigenvalue weighted by atomic mass is 16.3. The van der Waals surface area contributed by atoms with Crippen LogP contribution < -0.4 is 11.3 Å². The number of nitrogens with zero attached hydrogens (tertiary/aromatic N) is 1. The molecule has 0 atom stereocenters. The summed E-state index contributed by atoms with van der Waals surface area (Å²) in [5.41, 5.74) is 3.40. The average Bonchev–Trinajstić information content (AvgIpc) is 2.60. The van der Waals surface area contributed by atoms with Gasteiger partial charge in [0.25, 0.3) is 0 Å². The average molecular weight is 209 g/mol. The molecule has 0 fully saturated rings. The number of hydrogen-bond donors (Lipinski definition) is 2. The summed E-state index contributed by atoms with van der Waals surface area (Å²) in [4.78, 5) is 4.50. The van der Waals surface area contributed by atoms with E-state index in [1.807, 2.05) is 33.8 Å². The van der Waals surface area contributed by atoms with Gasteiger partial charge in [-0.25, -0.2) is 5.84 Å².